The Morgan fingerprint density at radius 2 is 1.90 bits per heavy atom. The SMILES string of the molecule is COC(=O)C(C)(C)[C@@H](N)c1cc(C)cc(C(=O)O)c1O. The van der Waals surface area contributed by atoms with Gasteiger partial charge in [-0.1, -0.05) is 6.07 Å². The maximum Gasteiger partial charge on any atom is 0.339 e. The van der Waals surface area contributed by atoms with Gasteiger partial charge in [-0.15, -0.1) is 0 Å². The standard InChI is InChI=1S/C14H19NO5/c1-7-5-8(10(16)9(6-7)12(17)18)11(15)14(2,3)13(19)20-4/h5-6,11,16H,15H2,1-4H3,(H,17,18)/t11-/m0/s1. The Labute approximate surface area is 117 Å². The number of carbonyl (C=O) groups is 2. The third kappa shape index (κ3) is 2.75. The number of carbonyl (C=O) groups excluding carboxylic acids is 1. The predicted molar refractivity (Wildman–Crippen MR) is 72.5 cm³/mol. The topological polar surface area (TPSA) is 110 Å². The van der Waals surface area contributed by atoms with E-state index < -0.39 is 29.1 Å². The lowest BCUT2D eigenvalue weighted by Crippen LogP contribution is -2.37. The van der Waals surface area contributed by atoms with Gasteiger partial charge in [-0.25, -0.2) is 4.79 Å². The van der Waals surface area contributed by atoms with E-state index >= 15 is 0 Å². The lowest BCUT2D eigenvalue weighted by Gasteiger charge is -2.29. The summed E-state index contributed by atoms with van der Waals surface area (Å²) in [6.45, 7) is 4.84. The van der Waals surface area contributed by atoms with E-state index in [1.807, 2.05) is 0 Å². The van der Waals surface area contributed by atoms with Gasteiger partial charge in [-0.2, -0.15) is 0 Å². The molecule has 1 aromatic carbocycles. The van der Waals surface area contributed by atoms with Gasteiger partial charge in [0.2, 0.25) is 0 Å². The van der Waals surface area contributed by atoms with Crippen molar-refractivity contribution in [3.05, 3.63) is 28.8 Å². The molecule has 0 aromatic heterocycles. The van der Waals surface area contributed by atoms with Crippen LogP contribution in [0.3, 0.4) is 0 Å². The molecule has 0 unspecified atom stereocenters. The monoisotopic (exact) mass is 281 g/mol. The number of benzene rings is 1. The highest BCUT2D eigenvalue weighted by Crippen LogP contribution is 2.38. The van der Waals surface area contributed by atoms with E-state index in [9.17, 15) is 14.7 Å². The summed E-state index contributed by atoms with van der Waals surface area (Å²) in [4.78, 5) is 22.9. The van der Waals surface area contributed by atoms with Crippen molar-refractivity contribution in [2.75, 3.05) is 7.11 Å². The summed E-state index contributed by atoms with van der Waals surface area (Å²) >= 11 is 0. The van der Waals surface area contributed by atoms with Crippen LogP contribution in [0, 0.1) is 12.3 Å². The molecule has 0 saturated carbocycles. The number of carboxylic acids is 1. The van der Waals surface area contributed by atoms with Crippen LogP contribution in [0.15, 0.2) is 12.1 Å². The second-order valence-electron chi connectivity index (χ2n) is 5.25. The zero-order valence-corrected chi connectivity index (χ0v) is 11.9. The molecule has 110 valence electrons. The zero-order chi connectivity index (χ0) is 15.7. The first-order valence-corrected chi connectivity index (χ1v) is 6.03. The summed E-state index contributed by atoms with van der Waals surface area (Å²) in [5.74, 6) is -2.22. The number of hydrogen-bond acceptors (Lipinski definition) is 5. The summed E-state index contributed by atoms with van der Waals surface area (Å²) < 4.78 is 4.69. The minimum Gasteiger partial charge on any atom is -0.507 e. The minimum absolute atomic E-state index is 0.206. The van der Waals surface area contributed by atoms with Crippen molar-refractivity contribution in [1.29, 1.82) is 0 Å². The number of carboxylic acid groups (broad SMARTS) is 1. The number of aryl methyl sites for hydroxylation is 1. The fraction of sp³-hybridized carbons (Fsp3) is 0.429. The molecule has 0 aliphatic heterocycles. The van der Waals surface area contributed by atoms with E-state index in [0.717, 1.165) is 0 Å². The summed E-state index contributed by atoms with van der Waals surface area (Å²) in [7, 11) is 1.25. The van der Waals surface area contributed by atoms with Crippen LogP contribution in [0.2, 0.25) is 0 Å². The maximum atomic E-state index is 11.8. The van der Waals surface area contributed by atoms with Crippen LogP contribution in [-0.4, -0.2) is 29.3 Å². The molecule has 0 fully saturated rings. The molecule has 0 aliphatic rings. The van der Waals surface area contributed by atoms with Crippen LogP contribution in [-0.2, 0) is 9.53 Å². The quantitative estimate of drug-likeness (QED) is 0.723. The fourth-order valence-corrected chi connectivity index (χ4v) is 1.99. The molecule has 0 spiro atoms. The van der Waals surface area contributed by atoms with Crippen molar-refractivity contribution in [1.82, 2.24) is 0 Å². The Bertz CT molecular complexity index is 551. The van der Waals surface area contributed by atoms with Crippen molar-refractivity contribution in [3.63, 3.8) is 0 Å². The molecule has 1 atom stereocenters. The van der Waals surface area contributed by atoms with E-state index in [1.54, 1.807) is 26.8 Å². The number of ether oxygens (including phenoxy) is 1. The Morgan fingerprint density at radius 1 is 1.35 bits per heavy atom. The maximum absolute atomic E-state index is 11.8. The Hall–Kier alpha value is -2.08. The average Bonchev–Trinajstić information content (AvgIpc) is 2.38. The highest BCUT2D eigenvalue weighted by Gasteiger charge is 2.38. The first-order valence-electron chi connectivity index (χ1n) is 6.03. The normalized spacial score (nSPS) is 12.8. The second-order valence-corrected chi connectivity index (χ2v) is 5.25. The lowest BCUT2D eigenvalue weighted by molar-refractivity contribution is -0.152. The van der Waals surface area contributed by atoms with Gasteiger partial charge in [0.25, 0.3) is 0 Å². The third-order valence-electron chi connectivity index (χ3n) is 3.34. The van der Waals surface area contributed by atoms with Gasteiger partial charge in [0, 0.05) is 11.6 Å². The molecular weight excluding hydrogens is 262 g/mol. The Morgan fingerprint density at radius 3 is 2.35 bits per heavy atom. The van der Waals surface area contributed by atoms with Gasteiger partial charge < -0.3 is 20.7 Å². The van der Waals surface area contributed by atoms with Crippen molar-refractivity contribution in [2.45, 2.75) is 26.8 Å². The average molecular weight is 281 g/mol. The summed E-state index contributed by atoms with van der Waals surface area (Å²) in [5.41, 5.74) is 5.53. The molecule has 0 amide bonds. The van der Waals surface area contributed by atoms with Gasteiger partial charge >= 0.3 is 11.9 Å². The Balaban J connectivity index is 3.40. The predicted octanol–water partition coefficient (Wildman–Crippen LogP) is 1.60. The number of nitrogens with two attached hydrogens (primary N) is 1. The van der Waals surface area contributed by atoms with Crippen molar-refractivity contribution >= 4 is 11.9 Å². The zero-order valence-electron chi connectivity index (χ0n) is 11.9. The third-order valence-corrected chi connectivity index (χ3v) is 3.34. The van der Waals surface area contributed by atoms with Crippen LogP contribution < -0.4 is 5.73 Å². The highest BCUT2D eigenvalue weighted by molar-refractivity contribution is 5.91. The van der Waals surface area contributed by atoms with E-state index in [4.69, 9.17) is 10.8 Å². The molecular formula is C14H19NO5. The number of phenols is 1. The van der Waals surface area contributed by atoms with Crippen molar-refractivity contribution in [2.24, 2.45) is 11.1 Å². The molecule has 1 aromatic rings. The molecule has 6 heteroatoms. The number of rotatable bonds is 4. The molecule has 20 heavy (non-hydrogen) atoms. The van der Waals surface area contributed by atoms with Crippen LogP contribution in [0.25, 0.3) is 0 Å². The van der Waals surface area contributed by atoms with Crippen molar-refractivity contribution in [3.8, 4) is 5.75 Å². The first kappa shape index (κ1) is 16.0. The fourth-order valence-electron chi connectivity index (χ4n) is 1.99. The van der Waals surface area contributed by atoms with E-state index in [0.29, 0.717) is 5.56 Å². The molecule has 0 heterocycles. The summed E-state index contributed by atoms with van der Waals surface area (Å²) in [6.07, 6.45) is 0. The number of aromatic hydroxyl groups is 1. The summed E-state index contributed by atoms with van der Waals surface area (Å²) in [5, 5.41) is 19.1. The molecule has 1 rings (SSSR count). The molecule has 0 bridgehead atoms. The minimum atomic E-state index is -1.25. The summed E-state index contributed by atoms with van der Waals surface area (Å²) in [6, 6.07) is 2.02. The van der Waals surface area contributed by atoms with Gasteiger partial charge in [-0.3, -0.25) is 4.79 Å². The molecule has 4 N–H and O–H groups in total. The van der Waals surface area contributed by atoms with E-state index in [2.05, 4.69) is 4.74 Å². The second kappa shape index (κ2) is 5.50. The van der Waals surface area contributed by atoms with Gasteiger partial charge in [-0.05, 0) is 32.4 Å². The van der Waals surface area contributed by atoms with Crippen LogP contribution in [0.1, 0.15) is 41.4 Å². The van der Waals surface area contributed by atoms with Crippen LogP contribution >= 0.6 is 0 Å². The van der Waals surface area contributed by atoms with E-state index in [1.165, 1.54) is 13.2 Å². The highest BCUT2D eigenvalue weighted by atomic mass is 16.5. The number of methoxy groups -OCH3 is 1. The number of hydrogen-bond donors (Lipinski definition) is 3. The van der Waals surface area contributed by atoms with Gasteiger partial charge in [0.05, 0.1) is 12.5 Å². The van der Waals surface area contributed by atoms with Gasteiger partial charge in [0.1, 0.15) is 11.3 Å². The molecule has 6 nitrogen and oxygen atoms in total. The smallest absolute Gasteiger partial charge is 0.339 e. The molecule has 0 saturated heterocycles. The lowest BCUT2D eigenvalue weighted by atomic mass is 9.80. The number of esters is 1. The first-order chi connectivity index (χ1) is 9.12. The largest absolute Gasteiger partial charge is 0.507 e. The molecule has 0 radical (unpaired) electrons. The Kier molecular flexibility index (Phi) is 4.39. The van der Waals surface area contributed by atoms with Crippen LogP contribution in [0.5, 0.6) is 5.75 Å². The molecule has 0 aliphatic carbocycles. The number of aromatic carboxylic acids is 1. The van der Waals surface area contributed by atoms with Gasteiger partial charge in [0.15, 0.2) is 0 Å². The van der Waals surface area contributed by atoms with Crippen molar-refractivity contribution < 1.29 is 24.5 Å². The van der Waals surface area contributed by atoms with Crippen LogP contribution in [0.4, 0.5) is 0 Å². The van der Waals surface area contributed by atoms with E-state index in [-0.39, 0.29) is 11.1 Å².